The van der Waals surface area contributed by atoms with Gasteiger partial charge in [0.05, 0.1) is 6.04 Å². The second-order valence-electron chi connectivity index (χ2n) is 7.96. The highest BCUT2D eigenvalue weighted by Gasteiger charge is 2.52. The molecule has 0 radical (unpaired) electrons. The van der Waals surface area contributed by atoms with E-state index >= 15 is 0 Å². The summed E-state index contributed by atoms with van der Waals surface area (Å²) in [5, 5.41) is 5.75. The molecule has 0 unspecified atom stereocenters. The van der Waals surface area contributed by atoms with Crippen LogP contribution < -0.4 is 10.6 Å². The summed E-state index contributed by atoms with van der Waals surface area (Å²) >= 11 is 0. The number of urea groups is 1. The van der Waals surface area contributed by atoms with Crippen molar-refractivity contribution in [3.05, 3.63) is 108 Å². The highest BCUT2D eigenvalue weighted by atomic mass is 16.2. The van der Waals surface area contributed by atoms with Gasteiger partial charge in [0.2, 0.25) is 5.91 Å². The second-order valence-corrected chi connectivity index (χ2v) is 7.96. The number of rotatable bonds is 7. The van der Waals surface area contributed by atoms with Gasteiger partial charge in [-0.1, -0.05) is 91.0 Å². The lowest BCUT2D eigenvalue weighted by Crippen LogP contribution is -2.47. The maximum absolute atomic E-state index is 13.6. The Morgan fingerprint density at radius 3 is 2.09 bits per heavy atom. The highest BCUT2D eigenvalue weighted by molar-refractivity contribution is 6.09. The summed E-state index contributed by atoms with van der Waals surface area (Å²) in [6, 6.07) is 27.4. The van der Waals surface area contributed by atoms with E-state index in [-0.39, 0.29) is 12.6 Å². The monoisotopic (exact) mass is 427 g/mol. The van der Waals surface area contributed by atoms with E-state index in [9.17, 15) is 14.4 Å². The van der Waals surface area contributed by atoms with Crippen LogP contribution in [-0.4, -0.2) is 29.3 Å². The van der Waals surface area contributed by atoms with Crippen molar-refractivity contribution in [3.63, 3.8) is 0 Å². The summed E-state index contributed by atoms with van der Waals surface area (Å²) in [5.74, 6) is -0.825. The van der Waals surface area contributed by atoms with Crippen molar-refractivity contribution < 1.29 is 14.4 Å². The van der Waals surface area contributed by atoms with Gasteiger partial charge in [0.1, 0.15) is 6.54 Å². The van der Waals surface area contributed by atoms with Crippen LogP contribution in [0.1, 0.15) is 29.7 Å². The van der Waals surface area contributed by atoms with Crippen LogP contribution in [0.5, 0.6) is 0 Å². The van der Waals surface area contributed by atoms with Gasteiger partial charge in [0, 0.05) is 6.42 Å². The third kappa shape index (κ3) is 4.25. The van der Waals surface area contributed by atoms with Crippen LogP contribution in [0, 0.1) is 0 Å². The topological polar surface area (TPSA) is 78.5 Å². The highest BCUT2D eigenvalue weighted by Crippen LogP contribution is 2.33. The minimum Gasteiger partial charge on any atom is -0.348 e. The molecule has 32 heavy (non-hydrogen) atoms. The molecule has 4 amide bonds. The summed E-state index contributed by atoms with van der Waals surface area (Å²) in [6.07, 6.45) is 0.293. The van der Waals surface area contributed by atoms with Crippen molar-refractivity contribution in [3.8, 4) is 0 Å². The molecule has 0 aliphatic carbocycles. The van der Waals surface area contributed by atoms with Crippen LogP contribution >= 0.6 is 0 Å². The number of amides is 4. The standard InChI is InChI=1S/C26H25N3O3/c1-19(21-13-7-3-8-14-21)27-23(30)18-29-24(31)26(28-25(29)32,22-15-9-4-10-16-22)17-20-11-5-2-6-12-20/h2-16,19H,17-18H2,1H3,(H,27,30)(H,28,32)/t19-,26-/m1/s1. The van der Waals surface area contributed by atoms with Crippen molar-refractivity contribution in [1.29, 1.82) is 0 Å². The van der Waals surface area contributed by atoms with Gasteiger partial charge in [-0.3, -0.25) is 14.5 Å². The van der Waals surface area contributed by atoms with E-state index < -0.39 is 23.4 Å². The Bertz CT molecular complexity index is 1100. The molecule has 1 fully saturated rings. The quantitative estimate of drug-likeness (QED) is 0.566. The number of carbonyl (C=O) groups excluding carboxylic acids is 3. The van der Waals surface area contributed by atoms with E-state index in [0.717, 1.165) is 16.0 Å². The molecule has 0 spiro atoms. The van der Waals surface area contributed by atoms with Gasteiger partial charge in [0.15, 0.2) is 5.54 Å². The molecule has 6 nitrogen and oxygen atoms in total. The normalized spacial score (nSPS) is 18.8. The van der Waals surface area contributed by atoms with Gasteiger partial charge in [-0.2, -0.15) is 0 Å². The first kappa shape index (κ1) is 21.3. The third-order valence-electron chi connectivity index (χ3n) is 5.73. The van der Waals surface area contributed by atoms with Crippen LogP contribution in [0.2, 0.25) is 0 Å². The van der Waals surface area contributed by atoms with Gasteiger partial charge in [-0.15, -0.1) is 0 Å². The Labute approximate surface area is 187 Å². The molecule has 0 saturated carbocycles. The first-order valence-electron chi connectivity index (χ1n) is 10.6. The summed E-state index contributed by atoms with van der Waals surface area (Å²) < 4.78 is 0. The number of hydrogen-bond donors (Lipinski definition) is 2. The molecule has 3 aromatic carbocycles. The van der Waals surface area contributed by atoms with Crippen molar-refractivity contribution >= 4 is 17.8 Å². The number of imide groups is 1. The van der Waals surface area contributed by atoms with Crippen molar-refractivity contribution in [1.82, 2.24) is 15.5 Å². The molecule has 1 aliphatic rings. The summed E-state index contributed by atoms with van der Waals surface area (Å²) in [7, 11) is 0. The molecule has 1 heterocycles. The molecule has 3 aromatic rings. The molecule has 162 valence electrons. The SMILES string of the molecule is C[C@@H](NC(=O)CN1C(=O)N[C@](Cc2ccccc2)(c2ccccc2)C1=O)c1ccccc1. The van der Waals surface area contributed by atoms with Crippen LogP contribution in [0.15, 0.2) is 91.0 Å². The minimum atomic E-state index is -1.26. The van der Waals surface area contributed by atoms with E-state index in [1.807, 2.05) is 97.9 Å². The van der Waals surface area contributed by atoms with E-state index in [2.05, 4.69) is 10.6 Å². The molecule has 0 aromatic heterocycles. The molecule has 6 heteroatoms. The summed E-state index contributed by atoms with van der Waals surface area (Å²) in [4.78, 5) is 40.2. The lowest BCUT2D eigenvalue weighted by Gasteiger charge is -2.27. The molecule has 2 N–H and O–H groups in total. The largest absolute Gasteiger partial charge is 0.348 e. The van der Waals surface area contributed by atoms with Crippen LogP contribution in [0.25, 0.3) is 0 Å². The Morgan fingerprint density at radius 1 is 0.906 bits per heavy atom. The lowest BCUT2D eigenvalue weighted by molar-refractivity contribution is -0.135. The average Bonchev–Trinajstić information content (AvgIpc) is 3.05. The van der Waals surface area contributed by atoms with E-state index in [1.165, 1.54) is 0 Å². The molecule has 2 atom stereocenters. The number of benzene rings is 3. The minimum absolute atomic E-state index is 0.243. The number of carbonyl (C=O) groups is 3. The van der Waals surface area contributed by atoms with Gasteiger partial charge < -0.3 is 10.6 Å². The fourth-order valence-corrected chi connectivity index (χ4v) is 4.07. The van der Waals surface area contributed by atoms with Crippen molar-refractivity contribution in [2.45, 2.75) is 24.9 Å². The van der Waals surface area contributed by atoms with E-state index in [4.69, 9.17) is 0 Å². The Hall–Kier alpha value is -3.93. The van der Waals surface area contributed by atoms with E-state index in [1.54, 1.807) is 0 Å². The average molecular weight is 428 g/mol. The van der Waals surface area contributed by atoms with Crippen LogP contribution in [0.4, 0.5) is 4.79 Å². The van der Waals surface area contributed by atoms with E-state index in [0.29, 0.717) is 12.0 Å². The Balaban J connectivity index is 1.56. The maximum Gasteiger partial charge on any atom is 0.325 e. The second kappa shape index (κ2) is 9.06. The fraction of sp³-hybridized carbons (Fsp3) is 0.192. The number of nitrogens with one attached hydrogen (secondary N) is 2. The molecular weight excluding hydrogens is 402 g/mol. The zero-order chi connectivity index (χ0) is 22.6. The van der Waals surface area contributed by atoms with Crippen molar-refractivity contribution in [2.24, 2.45) is 0 Å². The fourth-order valence-electron chi connectivity index (χ4n) is 4.07. The number of hydrogen-bond acceptors (Lipinski definition) is 3. The zero-order valence-electron chi connectivity index (χ0n) is 17.8. The van der Waals surface area contributed by atoms with Gasteiger partial charge in [-0.05, 0) is 23.6 Å². The van der Waals surface area contributed by atoms with Crippen LogP contribution in [0.3, 0.4) is 0 Å². The number of nitrogens with zero attached hydrogens (tertiary/aromatic N) is 1. The van der Waals surface area contributed by atoms with Crippen LogP contribution in [-0.2, 0) is 21.5 Å². The Kier molecular flexibility index (Phi) is 6.03. The van der Waals surface area contributed by atoms with Gasteiger partial charge in [0.25, 0.3) is 5.91 Å². The predicted octanol–water partition coefficient (Wildman–Crippen LogP) is 3.55. The predicted molar refractivity (Wildman–Crippen MR) is 122 cm³/mol. The molecular formula is C26H25N3O3. The summed E-state index contributed by atoms with van der Waals surface area (Å²) in [6.45, 7) is 1.52. The maximum atomic E-state index is 13.6. The van der Waals surface area contributed by atoms with Crippen molar-refractivity contribution in [2.75, 3.05) is 6.54 Å². The molecule has 1 aliphatic heterocycles. The molecule has 0 bridgehead atoms. The summed E-state index contributed by atoms with van der Waals surface area (Å²) in [5.41, 5.74) is 1.28. The smallest absolute Gasteiger partial charge is 0.325 e. The molecule has 1 saturated heterocycles. The first-order valence-corrected chi connectivity index (χ1v) is 10.6. The lowest BCUT2D eigenvalue weighted by atomic mass is 9.83. The Morgan fingerprint density at radius 2 is 1.47 bits per heavy atom. The third-order valence-corrected chi connectivity index (χ3v) is 5.73. The van der Waals surface area contributed by atoms with Gasteiger partial charge in [-0.25, -0.2) is 4.79 Å². The first-order chi connectivity index (χ1) is 15.5. The molecule has 4 rings (SSSR count). The zero-order valence-corrected chi connectivity index (χ0v) is 17.8. The van der Waals surface area contributed by atoms with Gasteiger partial charge >= 0.3 is 6.03 Å².